The molecule has 0 unspecified atom stereocenters. The van der Waals surface area contributed by atoms with Gasteiger partial charge in [0.05, 0.1) is 4.92 Å². The summed E-state index contributed by atoms with van der Waals surface area (Å²) in [6.45, 7) is 3.74. The Morgan fingerprint density at radius 2 is 1.39 bits per heavy atom. The Morgan fingerprint density at radius 3 is 1.89 bits per heavy atom. The molecule has 0 saturated carbocycles. The maximum atomic E-state index is 12.7. The molecule has 15 heteroatoms. The molecule has 0 spiro atoms. The molecule has 1 fully saturated rings. The molecule has 0 radical (unpaired) electrons. The van der Waals surface area contributed by atoms with Gasteiger partial charge >= 0.3 is 30.0 Å². The summed E-state index contributed by atoms with van der Waals surface area (Å²) in [6, 6.07) is 4.75. The van der Waals surface area contributed by atoms with E-state index in [0.717, 1.165) is 39.8 Å². The summed E-state index contributed by atoms with van der Waals surface area (Å²) in [5, 5.41) is 13.1. The van der Waals surface area contributed by atoms with E-state index >= 15 is 0 Å². The molecule has 1 saturated heterocycles. The van der Waals surface area contributed by atoms with E-state index in [0.29, 0.717) is 0 Å². The van der Waals surface area contributed by atoms with Crippen molar-refractivity contribution in [1.29, 1.82) is 0 Å². The van der Waals surface area contributed by atoms with Crippen LogP contribution in [0.15, 0.2) is 24.3 Å². The summed E-state index contributed by atoms with van der Waals surface area (Å²) in [5.74, 6) is -3.26. The number of ether oxygens (including phenoxy) is 6. The van der Waals surface area contributed by atoms with E-state index in [2.05, 4.69) is 5.32 Å². The number of esters is 4. The second kappa shape index (κ2) is 12.4. The average Bonchev–Trinajstić information content (AvgIpc) is 2.75. The number of hydrogen-bond donors (Lipinski definition) is 1. The second-order valence-corrected chi connectivity index (χ2v) is 7.40. The number of nitro groups is 1. The summed E-state index contributed by atoms with van der Waals surface area (Å²) in [4.78, 5) is 69.4. The van der Waals surface area contributed by atoms with Crippen LogP contribution in [-0.4, -0.2) is 72.2 Å². The van der Waals surface area contributed by atoms with Gasteiger partial charge in [0.1, 0.15) is 12.7 Å². The van der Waals surface area contributed by atoms with E-state index in [9.17, 15) is 34.1 Å². The number of nitro benzene ring substituents is 1. The molecule has 5 atom stereocenters. The van der Waals surface area contributed by atoms with Gasteiger partial charge in [-0.1, -0.05) is 0 Å². The van der Waals surface area contributed by atoms with Crippen LogP contribution < -0.4 is 5.32 Å². The normalized spacial score (nSPS) is 22.9. The molecule has 1 aliphatic heterocycles. The number of nitrogens with zero attached hydrogens (tertiary/aromatic N) is 1. The van der Waals surface area contributed by atoms with Gasteiger partial charge in [-0.15, -0.1) is 0 Å². The van der Waals surface area contributed by atoms with Crippen molar-refractivity contribution in [2.24, 2.45) is 0 Å². The number of carbonyl (C=O) groups excluding carboxylic acids is 5. The van der Waals surface area contributed by atoms with Gasteiger partial charge in [0.25, 0.3) is 5.69 Å². The van der Waals surface area contributed by atoms with E-state index in [-0.39, 0.29) is 11.4 Å². The first-order valence-electron chi connectivity index (χ1n) is 10.4. The Morgan fingerprint density at radius 1 is 0.833 bits per heavy atom. The van der Waals surface area contributed by atoms with E-state index in [1.54, 1.807) is 0 Å². The Balaban J connectivity index is 2.38. The van der Waals surface area contributed by atoms with Crippen LogP contribution in [0.2, 0.25) is 0 Å². The number of amides is 1. The van der Waals surface area contributed by atoms with Gasteiger partial charge in [0, 0.05) is 45.5 Å². The standard InChI is InChI=1S/C21H24N2O13/c1-10(24)31-9-16-17(32-11(2)25)18(19(33-12(3)26)20(35-16)34-13(4)27)36-21(28)22-14-5-7-15(8-6-14)23(29)30/h5-8,16-20H,9H2,1-4H3,(H,22,28)/t16-,17-,18+,19+,20+/m1/s1. The average molecular weight is 512 g/mol. The third-order valence-electron chi connectivity index (χ3n) is 4.50. The molecular formula is C21H24N2O13. The van der Waals surface area contributed by atoms with E-state index in [4.69, 9.17) is 28.4 Å². The minimum absolute atomic E-state index is 0.110. The van der Waals surface area contributed by atoms with Crippen molar-refractivity contribution >= 4 is 41.3 Å². The summed E-state index contributed by atoms with van der Waals surface area (Å²) in [6.07, 6.45) is -8.73. The fourth-order valence-electron chi connectivity index (χ4n) is 3.19. The van der Waals surface area contributed by atoms with Crippen molar-refractivity contribution in [3.63, 3.8) is 0 Å². The maximum absolute atomic E-state index is 12.7. The number of hydrogen-bond acceptors (Lipinski definition) is 13. The highest BCUT2D eigenvalue weighted by molar-refractivity contribution is 5.85. The molecule has 0 bridgehead atoms. The lowest BCUT2D eigenvalue weighted by Crippen LogP contribution is -2.63. The number of nitrogens with one attached hydrogen (secondary N) is 1. The van der Waals surface area contributed by atoms with Crippen LogP contribution in [0.3, 0.4) is 0 Å². The zero-order valence-corrected chi connectivity index (χ0v) is 19.7. The largest absolute Gasteiger partial charge is 0.463 e. The summed E-state index contributed by atoms with van der Waals surface area (Å²) >= 11 is 0. The lowest BCUT2D eigenvalue weighted by Gasteiger charge is -2.43. The van der Waals surface area contributed by atoms with Crippen molar-refractivity contribution in [2.45, 2.75) is 58.4 Å². The van der Waals surface area contributed by atoms with Crippen LogP contribution in [0.4, 0.5) is 16.2 Å². The monoisotopic (exact) mass is 512 g/mol. The number of rotatable bonds is 8. The van der Waals surface area contributed by atoms with Gasteiger partial charge in [-0.2, -0.15) is 0 Å². The third kappa shape index (κ3) is 8.19. The lowest BCUT2D eigenvalue weighted by molar-refractivity contribution is -0.384. The van der Waals surface area contributed by atoms with Crippen molar-refractivity contribution < 1.29 is 57.3 Å². The van der Waals surface area contributed by atoms with Gasteiger partial charge in [-0.3, -0.25) is 34.6 Å². The first-order valence-corrected chi connectivity index (χ1v) is 10.4. The van der Waals surface area contributed by atoms with Gasteiger partial charge in [-0.05, 0) is 12.1 Å². The van der Waals surface area contributed by atoms with Crippen molar-refractivity contribution in [3.05, 3.63) is 34.4 Å². The molecule has 2 rings (SSSR count). The lowest BCUT2D eigenvalue weighted by atomic mass is 9.98. The molecule has 1 heterocycles. The van der Waals surface area contributed by atoms with Gasteiger partial charge < -0.3 is 28.4 Å². The highest BCUT2D eigenvalue weighted by Crippen LogP contribution is 2.30. The molecule has 0 aliphatic carbocycles. The molecule has 1 amide bonds. The SMILES string of the molecule is CC(=O)OC[C@H]1O[C@H](OC(C)=O)[C@@H](OC(C)=O)[C@@H](OC(=O)Nc2ccc([N+](=O)[O-])cc2)[C@@H]1OC(C)=O. The zero-order chi connectivity index (χ0) is 27.0. The molecular weight excluding hydrogens is 488 g/mol. The van der Waals surface area contributed by atoms with E-state index in [1.807, 2.05) is 0 Å². The smallest absolute Gasteiger partial charge is 0.412 e. The van der Waals surface area contributed by atoms with Crippen LogP contribution in [0.25, 0.3) is 0 Å². The first kappa shape index (κ1) is 28.0. The highest BCUT2D eigenvalue weighted by atomic mass is 16.7. The highest BCUT2D eigenvalue weighted by Gasteiger charge is 2.53. The predicted molar refractivity (Wildman–Crippen MR) is 115 cm³/mol. The van der Waals surface area contributed by atoms with E-state index in [1.165, 1.54) is 12.1 Å². The summed E-state index contributed by atoms with van der Waals surface area (Å²) in [7, 11) is 0. The summed E-state index contributed by atoms with van der Waals surface area (Å²) in [5.41, 5.74) is -0.112. The third-order valence-corrected chi connectivity index (χ3v) is 4.50. The molecule has 1 aliphatic rings. The van der Waals surface area contributed by atoms with Gasteiger partial charge in [0.15, 0.2) is 12.2 Å². The Bertz CT molecular complexity index is 1010. The molecule has 1 N–H and O–H groups in total. The molecule has 196 valence electrons. The van der Waals surface area contributed by atoms with Crippen molar-refractivity contribution in [3.8, 4) is 0 Å². The fourth-order valence-corrected chi connectivity index (χ4v) is 3.19. The molecule has 0 aromatic heterocycles. The topological polar surface area (TPSA) is 196 Å². The first-order chi connectivity index (χ1) is 16.9. The molecule has 15 nitrogen and oxygen atoms in total. The Labute approximate surface area is 204 Å². The zero-order valence-electron chi connectivity index (χ0n) is 19.7. The van der Waals surface area contributed by atoms with Crippen LogP contribution in [0.5, 0.6) is 0 Å². The minimum atomic E-state index is -1.63. The van der Waals surface area contributed by atoms with Crippen LogP contribution in [-0.2, 0) is 47.6 Å². The quantitative estimate of drug-likeness (QED) is 0.226. The fraction of sp³-hybridized carbons (Fsp3) is 0.476. The minimum Gasteiger partial charge on any atom is -0.463 e. The van der Waals surface area contributed by atoms with Crippen molar-refractivity contribution in [1.82, 2.24) is 0 Å². The van der Waals surface area contributed by atoms with Gasteiger partial charge in [0.2, 0.25) is 12.4 Å². The number of anilines is 1. The number of benzene rings is 1. The second-order valence-electron chi connectivity index (χ2n) is 7.40. The predicted octanol–water partition coefficient (Wildman–Crippen LogP) is 1.23. The Hall–Kier alpha value is -4.27. The van der Waals surface area contributed by atoms with Crippen LogP contribution in [0, 0.1) is 10.1 Å². The van der Waals surface area contributed by atoms with Crippen LogP contribution >= 0.6 is 0 Å². The molecule has 36 heavy (non-hydrogen) atoms. The maximum Gasteiger partial charge on any atom is 0.412 e. The molecule has 1 aromatic carbocycles. The summed E-state index contributed by atoms with van der Waals surface area (Å²) < 4.78 is 31.4. The molecule has 1 aromatic rings. The van der Waals surface area contributed by atoms with Gasteiger partial charge in [-0.25, -0.2) is 4.79 Å². The van der Waals surface area contributed by atoms with E-state index < -0.39 is 72.2 Å². The Kier molecular flexibility index (Phi) is 9.66. The van der Waals surface area contributed by atoms with Crippen LogP contribution in [0.1, 0.15) is 27.7 Å². The van der Waals surface area contributed by atoms with Crippen molar-refractivity contribution in [2.75, 3.05) is 11.9 Å². The number of carbonyl (C=O) groups is 5. The number of non-ortho nitro benzene ring substituents is 1.